The molecule has 6 heteroatoms. The van der Waals surface area contributed by atoms with Crippen LogP contribution in [0.4, 0.5) is 0 Å². The van der Waals surface area contributed by atoms with Crippen LogP contribution in [0.3, 0.4) is 0 Å². The molecule has 0 rings (SSSR count). The highest BCUT2D eigenvalue weighted by Crippen LogP contribution is 2.28. The standard InChI is InChI=1S/C11H20O4S2/c1-5-16-11(17-6-2)10(15-9(4)13)7-14-8(3)12/h10-11H,5-7H2,1-4H3/t10-/m1/s1. The maximum Gasteiger partial charge on any atom is 0.303 e. The Morgan fingerprint density at radius 3 is 1.94 bits per heavy atom. The third kappa shape index (κ3) is 8.37. The summed E-state index contributed by atoms with van der Waals surface area (Å²) in [6.45, 7) is 6.93. The van der Waals surface area contributed by atoms with Crippen molar-refractivity contribution in [3.63, 3.8) is 0 Å². The van der Waals surface area contributed by atoms with Gasteiger partial charge in [-0.05, 0) is 11.5 Å². The van der Waals surface area contributed by atoms with E-state index in [4.69, 9.17) is 9.47 Å². The summed E-state index contributed by atoms with van der Waals surface area (Å²) in [6, 6.07) is 0. The van der Waals surface area contributed by atoms with Crippen molar-refractivity contribution in [3.05, 3.63) is 0 Å². The Labute approximate surface area is 111 Å². The van der Waals surface area contributed by atoms with Crippen molar-refractivity contribution < 1.29 is 19.1 Å². The second-order valence-corrected chi connectivity index (χ2v) is 6.37. The van der Waals surface area contributed by atoms with Crippen LogP contribution in [0.1, 0.15) is 27.7 Å². The normalized spacial score (nSPS) is 12.3. The van der Waals surface area contributed by atoms with Gasteiger partial charge in [-0.2, -0.15) is 0 Å². The van der Waals surface area contributed by atoms with E-state index in [0.717, 1.165) is 11.5 Å². The molecule has 0 fully saturated rings. The molecule has 0 aliphatic rings. The van der Waals surface area contributed by atoms with Crippen molar-refractivity contribution >= 4 is 35.5 Å². The summed E-state index contributed by atoms with van der Waals surface area (Å²) >= 11 is 3.39. The lowest BCUT2D eigenvalue weighted by Gasteiger charge is -2.24. The Kier molecular flexibility index (Phi) is 9.44. The zero-order valence-corrected chi connectivity index (χ0v) is 12.4. The molecule has 4 nitrogen and oxygen atoms in total. The number of hydrogen-bond donors (Lipinski definition) is 0. The summed E-state index contributed by atoms with van der Waals surface area (Å²) in [7, 11) is 0. The maximum atomic E-state index is 11.0. The molecule has 0 aliphatic heterocycles. The van der Waals surface area contributed by atoms with Gasteiger partial charge in [-0.3, -0.25) is 9.59 Å². The highest BCUT2D eigenvalue weighted by Gasteiger charge is 2.25. The van der Waals surface area contributed by atoms with E-state index in [1.165, 1.54) is 13.8 Å². The van der Waals surface area contributed by atoms with Crippen molar-refractivity contribution in [1.29, 1.82) is 0 Å². The maximum absolute atomic E-state index is 11.0. The van der Waals surface area contributed by atoms with Crippen molar-refractivity contribution in [2.45, 2.75) is 38.4 Å². The Balaban J connectivity index is 4.46. The lowest BCUT2D eigenvalue weighted by Crippen LogP contribution is -2.32. The van der Waals surface area contributed by atoms with E-state index < -0.39 is 0 Å². The first-order valence-corrected chi connectivity index (χ1v) is 7.64. The minimum absolute atomic E-state index is 0.105. The van der Waals surface area contributed by atoms with Crippen LogP contribution < -0.4 is 0 Å². The Hall–Kier alpha value is -0.360. The Bertz CT molecular complexity index is 240. The van der Waals surface area contributed by atoms with E-state index in [-0.39, 0.29) is 29.2 Å². The largest absolute Gasteiger partial charge is 0.462 e. The molecule has 0 saturated carbocycles. The molecule has 0 bridgehead atoms. The third-order valence-electron chi connectivity index (χ3n) is 1.73. The second kappa shape index (κ2) is 9.65. The fraction of sp³-hybridized carbons (Fsp3) is 0.818. The summed E-state index contributed by atoms with van der Waals surface area (Å²) in [5.41, 5.74) is 0. The van der Waals surface area contributed by atoms with Gasteiger partial charge in [-0.1, -0.05) is 13.8 Å². The van der Waals surface area contributed by atoms with Gasteiger partial charge < -0.3 is 9.47 Å². The lowest BCUT2D eigenvalue weighted by molar-refractivity contribution is -0.155. The molecule has 0 aromatic rings. The number of esters is 2. The first kappa shape index (κ1) is 16.6. The van der Waals surface area contributed by atoms with Crippen LogP contribution in [0.25, 0.3) is 0 Å². The lowest BCUT2D eigenvalue weighted by atomic mass is 10.4. The summed E-state index contributed by atoms with van der Waals surface area (Å²) < 4.78 is 10.3. The van der Waals surface area contributed by atoms with Gasteiger partial charge in [0.15, 0.2) is 6.10 Å². The molecule has 0 amide bonds. The van der Waals surface area contributed by atoms with Crippen LogP contribution >= 0.6 is 23.5 Å². The molecule has 100 valence electrons. The quantitative estimate of drug-likeness (QED) is 0.502. The van der Waals surface area contributed by atoms with Gasteiger partial charge >= 0.3 is 11.9 Å². The zero-order chi connectivity index (χ0) is 13.3. The van der Waals surface area contributed by atoms with Crippen LogP contribution in [0.15, 0.2) is 0 Å². The molecule has 0 unspecified atom stereocenters. The number of hydrogen-bond acceptors (Lipinski definition) is 6. The molecular weight excluding hydrogens is 260 g/mol. The number of thioether (sulfide) groups is 2. The molecule has 0 spiro atoms. The van der Waals surface area contributed by atoms with E-state index in [0.29, 0.717) is 0 Å². The number of rotatable bonds is 8. The van der Waals surface area contributed by atoms with Crippen molar-refractivity contribution in [2.75, 3.05) is 18.1 Å². The highest BCUT2D eigenvalue weighted by molar-refractivity contribution is 8.17. The first-order chi connectivity index (χ1) is 8.01. The zero-order valence-electron chi connectivity index (χ0n) is 10.7. The topological polar surface area (TPSA) is 52.6 Å². The van der Waals surface area contributed by atoms with Crippen LogP contribution in [0, 0.1) is 0 Å². The van der Waals surface area contributed by atoms with Crippen LogP contribution in [0.2, 0.25) is 0 Å². The van der Waals surface area contributed by atoms with E-state index in [1.54, 1.807) is 23.5 Å². The Morgan fingerprint density at radius 2 is 1.59 bits per heavy atom. The number of carbonyl (C=O) groups is 2. The van der Waals surface area contributed by atoms with Crippen LogP contribution in [-0.4, -0.2) is 40.7 Å². The summed E-state index contributed by atoms with van der Waals surface area (Å²) in [4.78, 5) is 21.8. The molecule has 0 heterocycles. The van der Waals surface area contributed by atoms with E-state index in [1.807, 2.05) is 13.8 Å². The van der Waals surface area contributed by atoms with Gasteiger partial charge in [0, 0.05) is 13.8 Å². The fourth-order valence-corrected chi connectivity index (χ4v) is 3.73. The average Bonchev–Trinajstić information content (AvgIpc) is 2.23. The van der Waals surface area contributed by atoms with Gasteiger partial charge in [0.05, 0.1) is 4.58 Å². The molecule has 0 aromatic heterocycles. The first-order valence-electron chi connectivity index (χ1n) is 5.55. The Morgan fingerprint density at radius 1 is 1.06 bits per heavy atom. The molecule has 0 saturated heterocycles. The smallest absolute Gasteiger partial charge is 0.303 e. The van der Waals surface area contributed by atoms with Gasteiger partial charge in [0.25, 0.3) is 0 Å². The predicted molar refractivity (Wildman–Crippen MR) is 72.2 cm³/mol. The summed E-state index contributed by atoms with van der Waals surface area (Å²) in [6.07, 6.45) is -0.383. The second-order valence-electron chi connectivity index (χ2n) is 3.23. The SMILES string of the molecule is CCSC(SCC)[C@@H](COC(C)=O)OC(C)=O. The van der Waals surface area contributed by atoms with E-state index in [9.17, 15) is 9.59 Å². The third-order valence-corrected chi connectivity index (χ3v) is 4.48. The monoisotopic (exact) mass is 280 g/mol. The molecule has 1 atom stereocenters. The van der Waals surface area contributed by atoms with E-state index >= 15 is 0 Å². The molecule has 0 radical (unpaired) electrons. The van der Waals surface area contributed by atoms with Crippen molar-refractivity contribution in [3.8, 4) is 0 Å². The van der Waals surface area contributed by atoms with Gasteiger partial charge in [0.1, 0.15) is 6.61 Å². The molecule has 0 N–H and O–H groups in total. The van der Waals surface area contributed by atoms with Crippen LogP contribution in [-0.2, 0) is 19.1 Å². The molecule has 17 heavy (non-hydrogen) atoms. The minimum atomic E-state index is -0.383. The molecule has 0 aromatic carbocycles. The fourth-order valence-electron chi connectivity index (χ4n) is 1.17. The number of ether oxygens (including phenoxy) is 2. The number of carbonyl (C=O) groups excluding carboxylic acids is 2. The van der Waals surface area contributed by atoms with Crippen molar-refractivity contribution in [1.82, 2.24) is 0 Å². The minimum Gasteiger partial charge on any atom is -0.462 e. The van der Waals surface area contributed by atoms with Gasteiger partial charge in [-0.25, -0.2) is 0 Å². The van der Waals surface area contributed by atoms with E-state index in [2.05, 4.69) is 0 Å². The van der Waals surface area contributed by atoms with Gasteiger partial charge in [0.2, 0.25) is 0 Å². The highest BCUT2D eigenvalue weighted by atomic mass is 32.2. The van der Waals surface area contributed by atoms with Crippen LogP contribution in [0.5, 0.6) is 0 Å². The summed E-state index contributed by atoms with van der Waals surface area (Å²) in [5.74, 6) is 1.15. The summed E-state index contributed by atoms with van der Waals surface area (Å²) in [5, 5.41) is 0. The molecule has 0 aliphatic carbocycles. The average molecular weight is 280 g/mol. The van der Waals surface area contributed by atoms with Gasteiger partial charge in [-0.15, -0.1) is 23.5 Å². The molecular formula is C11H20O4S2. The predicted octanol–water partition coefficient (Wildman–Crippen LogP) is 2.31. The van der Waals surface area contributed by atoms with Crippen molar-refractivity contribution in [2.24, 2.45) is 0 Å².